The first-order valence-electron chi connectivity index (χ1n) is 9.93. The summed E-state index contributed by atoms with van der Waals surface area (Å²) in [4.78, 5) is 26.7. The number of hydrogen-bond acceptors (Lipinski definition) is 6. The van der Waals surface area contributed by atoms with Crippen LogP contribution in [0, 0.1) is 12.8 Å². The van der Waals surface area contributed by atoms with E-state index in [0.29, 0.717) is 36.7 Å². The van der Waals surface area contributed by atoms with Crippen molar-refractivity contribution in [3.63, 3.8) is 0 Å². The van der Waals surface area contributed by atoms with Crippen LogP contribution in [-0.4, -0.2) is 59.7 Å². The summed E-state index contributed by atoms with van der Waals surface area (Å²) in [5, 5.41) is 9.47. The summed E-state index contributed by atoms with van der Waals surface area (Å²) >= 11 is 0. The molecule has 0 aliphatic carbocycles. The highest BCUT2D eigenvalue weighted by Gasteiger charge is 2.33. The lowest BCUT2D eigenvalue weighted by atomic mass is 9.94. The maximum absolute atomic E-state index is 12.2. The number of nitrogens with zero attached hydrogens (tertiary/aromatic N) is 2. The van der Waals surface area contributed by atoms with Gasteiger partial charge < -0.3 is 24.8 Å². The van der Waals surface area contributed by atoms with Crippen molar-refractivity contribution in [3.05, 3.63) is 11.8 Å². The predicted molar refractivity (Wildman–Crippen MR) is 106 cm³/mol. The fraction of sp³-hybridized carbons (Fsp3) is 0.750. The van der Waals surface area contributed by atoms with Gasteiger partial charge in [0, 0.05) is 31.1 Å². The fourth-order valence-corrected chi connectivity index (χ4v) is 3.63. The Balaban J connectivity index is 1.67. The highest BCUT2D eigenvalue weighted by molar-refractivity contribution is 5.79. The van der Waals surface area contributed by atoms with Gasteiger partial charge in [0.05, 0.1) is 5.54 Å². The van der Waals surface area contributed by atoms with Crippen molar-refractivity contribution >= 4 is 11.8 Å². The zero-order chi connectivity index (χ0) is 20.9. The molecule has 8 heteroatoms. The molecule has 2 heterocycles. The topological polar surface area (TPSA) is 96.7 Å². The van der Waals surface area contributed by atoms with E-state index >= 15 is 0 Å². The van der Waals surface area contributed by atoms with Crippen LogP contribution in [-0.2, 0) is 9.59 Å². The second kappa shape index (κ2) is 9.41. The number of rotatable bonds is 9. The molecule has 1 aliphatic heterocycles. The minimum Gasteiger partial charge on any atom is -0.465 e. The molecule has 3 atom stereocenters. The van der Waals surface area contributed by atoms with E-state index in [1.165, 1.54) is 0 Å². The van der Waals surface area contributed by atoms with Crippen LogP contribution in [0.25, 0.3) is 0 Å². The molecule has 28 heavy (non-hydrogen) atoms. The van der Waals surface area contributed by atoms with E-state index in [4.69, 9.17) is 9.26 Å². The first-order valence-corrected chi connectivity index (χ1v) is 9.93. The third kappa shape index (κ3) is 6.51. The van der Waals surface area contributed by atoms with E-state index in [2.05, 4.69) is 41.6 Å². The number of hydrogen-bond donors (Lipinski definition) is 2. The Morgan fingerprint density at radius 2 is 2.07 bits per heavy atom. The molecule has 8 nitrogen and oxygen atoms in total. The number of likely N-dealkylation sites (tertiary alicyclic amines) is 1. The molecule has 0 aromatic carbocycles. The van der Waals surface area contributed by atoms with Gasteiger partial charge in [0.2, 0.25) is 5.91 Å². The average molecular weight is 395 g/mol. The van der Waals surface area contributed by atoms with Crippen molar-refractivity contribution in [1.29, 1.82) is 0 Å². The molecule has 1 aromatic rings. The molecule has 2 amide bonds. The number of aromatic nitrogens is 1. The minimum absolute atomic E-state index is 0.0195. The van der Waals surface area contributed by atoms with E-state index in [-0.39, 0.29) is 24.3 Å². The zero-order valence-corrected chi connectivity index (χ0v) is 17.9. The quantitative estimate of drug-likeness (QED) is 0.664. The van der Waals surface area contributed by atoms with Crippen molar-refractivity contribution in [2.45, 2.75) is 71.5 Å². The van der Waals surface area contributed by atoms with Gasteiger partial charge in [0.1, 0.15) is 5.76 Å². The summed E-state index contributed by atoms with van der Waals surface area (Å²) in [5.41, 5.74) is -0.578. The van der Waals surface area contributed by atoms with Crippen LogP contribution in [0.4, 0.5) is 0 Å². The van der Waals surface area contributed by atoms with E-state index in [9.17, 15) is 9.59 Å². The summed E-state index contributed by atoms with van der Waals surface area (Å²) in [6, 6.07) is 2.69. The average Bonchev–Trinajstić information content (AvgIpc) is 3.14. The van der Waals surface area contributed by atoms with E-state index < -0.39 is 5.54 Å². The predicted octanol–water partition coefficient (Wildman–Crippen LogP) is 1.88. The molecule has 1 fully saturated rings. The third-order valence-corrected chi connectivity index (χ3v) is 5.57. The molecule has 3 unspecified atom stereocenters. The summed E-state index contributed by atoms with van der Waals surface area (Å²) in [6.07, 6.45) is 2.53. The number of carbonyl (C=O) groups is 2. The lowest BCUT2D eigenvalue weighted by Crippen LogP contribution is -2.52. The van der Waals surface area contributed by atoms with Crippen LogP contribution in [0.15, 0.2) is 10.6 Å². The van der Waals surface area contributed by atoms with Gasteiger partial charge in [-0.3, -0.25) is 9.59 Å². The number of ether oxygens (including phenoxy) is 1. The maximum atomic E-state index is 12.2. The van der Waals surface area contributed by atoms with Gasteiger partial charge in [0.25, 0.3) is 11.8 Å². The molecule has 0 spiro atoms. The molecule has 1 saturated heterocycles. The van der Waals surface area contributed by atoms with Gasteiger partial charge in [0.15, 0.2) is 6.61 Å². The van der Waals surface area contributed by atoms with Crippen molar-refractivity contribution in [1.82, 2.24) is 20.7 Å². The van der Waals surface area contributed by atoms with Gasteiger partial charge >= 0.3 is 0 Å². The van der Waals surface area contributed by atoms with Crippen molar-refractivity contribution < 1.29 is 18.8 Å². The van der Waals surface area contributed by atoms with Crippen LogP contribution in [0.5, 0.6) is 5.88 Å². The van der Waals surface area contributed by atoms with Crippen LogP contribution in [0.2, 0.25) is 0 Å². The Labute approximate surface area is 167 Å². The lowest BCUT2D eigenvalue weighted by Gasteiger charge is -2.27. The molecule has 0 saturated carbocycles. The van der Waals surface area contributed by atoms with E-state index in [0.717, 1.165) is 12.8 Å². The Hall–Kier alpha value is -2.09. The second-order valence-electron chi connectivity index (χ2n) is 8.56. The Bertz CT molecular complexity index is 673. The molecular weight excluding hydrogens is 360 g/mol. The Morgan fingerprint density at radius 3 is 2.64 bits per heavy atom. The molecule has 1 aliphatic rings. The smallest absolute Gasteiger partial charge is 0.258 e. The number of carbonyl (C=O) groups excluding carboxylic acids is 2. The standard InChI is InChI=1S/C20H34N4O4/c1-13-9-16(15(3)24(13)6)7-8-17(25)21-12-20(4,5)22-18(26)11-27-19-10-14(2)28-23-19/h10,13,15-16H,7-9,11-12H2,1-6H3,(H,21,25)(H,22,26). The van der Waals surface area contributed by atoms with Gasteiger partial charge in [-0.15, -0.1) is 0 Å². The highest BCUT2D eigenvalue weighted by atomic mass is 16.5. The summed E-state index contributed by atoms with van der Waals surface area (Å²) in [7, 11) is 2.15. The van der Waals surface area contributed by atoms with E-state index in [1.54, 1.807) is 13.0 Å². The lowest BCUT2D eigenvalue weighted by molar-refractivity contribution is -0.126. The van der Waals surface area contributed by atoms with Crippen LogP contribution in [0.1, 0.15) is 52.7 Å². The maximum Gasteiger partial charge on any atom is 0.258 e. The van der Waals surface area contributed by atoms with Crippen molar-refractivity contribution in [2.24, 2.45) is 5.92 Å². The molecule has 2 rings (SSSR count). The number of amides is 2. The van der Waals surface area contributed by atoms with Gasteiger partial charge in [-0.1, -0.05) is 0 Å². The van der Waals surface area contributed by atoms with Gasteiger partial charge in [-0.05, 0) is 65.6 Å². The molecule has 158 valence electrons. The largest absolute Gasteiger partial charge is 0.465 e. The normalized spacial score (nSPS) is 22.9. The SMILES string of the molecule is Cc1cc(OCC(=O)NC(C)(C)CNC(=O)CCC2CC(C)N(C)C2C)no1. The summed E-state index contributed by atoms with van der Waals surface area (Å²) < 4.78 is 10.2. The fourth-order valence-electron chi connectivity index (χ4n) is 3.63. The molecule has 0 bridgehead atoms. The van der Waals surface area contributed by atoms with Crippen LogP contribution >= 0.6 is 0 Å². The van der Waals surface area contributed by atoms with Crippen LogP contribution in [0.3, 0.4) is 0 Å². The highest BCUT2D eigenvalue weighted by Crippen LogP contribution is 2.31. The van der Waals surface area contributed by atoms with Crippen LogP contribution < -0.4 is 15.4 Å². The zero-order valence-electron chi connectivity index (χ0n) is 17.9. The monoisotopic (exact) mass is 394 g/mol. The van der Waals surface area contributed by atoms with Crippen molar-refractivity contribution in [2.75, 3.05) is 20.2 Å². The Kier molecular flexibility index (Phi) is 7.46. The van der Waals surface area contributed by atoms with Gasteiger partial charge in [-0.25, -0.2) is 0 Å². The molecular formula is C20H34N4O4. The first kappa shape index (κ1) is 22.2. The number of nitrogens with one attached hydrogen (secondary N) is 2. The second-order valence-corrected chi connectivity index (χ2v) is 8.56. The van der Waals surface area contributed by atoms with Crippen molar-refractivity contribution in [3.8, 4) is 5.88 Å². The summed E-state index contributed by atoms with van der Waals surface area (Å²) in [5.74, 6) is 1.19. The minimum atomic E-state index is -0.578. The molecule has 1 aromatic heterocycles. The number of aryl methyl sites for hydroxylation is 1. The van der Waals surface area contributed by atoms with E-state index in [1.807, 2.05) is 13.8 Å². The van der Waals surface area contributed by atoms with Gasteiger partial charge in [-0.2, -0.15) is 0 Å². The third-order valence-electron chi connectivity index (χ3n) is 5.57. The summed E-state index contributed by atoms with van der Waals surface area (Å²) in [6.45, 7) is 10.1. The Morgan fingerprint density at radius 1 is 1.36 bits per heavy atom. The molecule has 2 N–H and O–H groups in total. The first-order chi connectivity index (χ1) is 13.1. The molecule has 0 radical (unpaired) electrons.